The number of pyridine rings is 1. The van der Waals surface area contributed by atoms with Gasteiger partial charge in [0.05, 0.1) is 0 Å². The molecule has 18 heavy (non-hydrogen) atoms. The van der Waals surface area contributed by atoms with E-state index in [2.05, 4.69) is 11.6 Å². The van der Waals surface area contributed by atoms with Crippen molar-refractivity contribution in [3.05, 3.63) is 41.2 Å². The number of carbonyl (C=O) groups is 1. The summed E-state index contributed by atoms with van der Waals surface area (Å²) in [6.07, 6.45) is 4.46. The summed E-state index contributed by atoms with van der Waals surface area (Å²) in [5.41, 5.74) is 1.44. The van der Waals surface area contributed by atoms with E-state index in [0.29, 0.717) is 17.3 Å². The highest BCUT2D eigenvalue weighted by Crippen LogP contribution is 2.13. The van der Waals surface area contributed by atoms with Gasteiger partial charge in [-0.3, -0.25) is 4.79 Å². The van der Waals surface area contributed by atoms with Crippen molar-refractivity contribution in [2.45, 2.75) is 26.2 Å². The van der Waals surface area contributed by atoms with Crippen molar-refractivity contribution >= 4 is 17.5 Å². The van der Waals surface area contributed by atoms with Crippen LogP contribution >= 0.6 is 11.6 Å². The first-order chi connectivity index (χ1) is 8.58. The molecule has 0 unspecified atom stereocenters. The molecule has 1 aromatic rings. The predicted octanol–water partition coefficient (Wildman–Crippen LogP) is 3.34. The van der Waals surface area contributed by atoms with Crippen LogP contribution in [0.15, 0.2) is 24.8 Å². The number of amides is 1. The normalized spacial score (nSPS) is 10.2. The maximum absolute atomic E-state index is 12.2. The lowest BCUT2D eigenvalue weighted by molar-refractivity contribution is 0.0793. The summed E-state index contributed by atoms with van der Waals surface area (Å²) in [6.45, 7) is 6.37. The van der Waals surface area contributed by atoms with Crippen molar-refractivity contribution in [2.24, 2.45) is 0 Å². The van der Waals surface area contributed by atoms with Crippen LogP contribution in [0, 0.1) is 0 Å². The summed E-state index contributed by atoms with van der Waals surface area (Å²) in [6, 6.07) is 3.42. The zero-order valence-electron chi connectivity index (χ0n) is 10.9. The maximum Gasteiger partial charge on any atom is 0.253 e. The van der Waals surface area contributed by atoms with Gasteiger partial charge in [-0.1, -0.05) is 24.6 Å². The Morgan fingerprint density at radius 3 is 2.89 bits per heavy atom. The smallest absolute Gasteiger partial charge is 0.253 e. The monoisotopic (exact) mass is 266 g/mol. The van der Waals surface area contributed by atoms with Crippen molar-refractivity contribution in [3.8, 4) is 0 Å². The number of unbranched alkanes of at least 4 members (excludes halogenated alkanes) is 1. The van der Waals surface area contributed by atoms with Gasteiger partial charge < -0.3 is 4.90 Å². The molecule has 1 amide bonds. The van der Waals surface area contributed by atoms with Gasteiger partial charge >= 0.3 is 0 Å². The molecule has 0 spiro atoms. The lowest BCUT2D eigenvalue weighted by Crippen LogP contribution is -2.27. The van der Waals surface area contributed by atoms with Gasteiger partial charge in [0.2, 0.25) is 0 Å². The largest absolute Gasteiger partial charge is 0.342 e. The first kappa shape index (κ1) is 14.7. The van der Waals surface area contributed by atoms with E-state index in [9.17, 15) is 4.79 Å². The first-order valence-electron chi connectivity index (χ1n) is 6.11. The second-order valence-electron chi connectivity index (χ2n) is 4.18. The molecule has 0 bridgehead atoms. The molecule has 0 atom stereocenters. The van der Waals surface area contributed by atoms with Crippen LogP contribution in [0.5, 0.6) is 0 Å². The highest BCUT2D eigenvalue weighted by molar-refractivity contribution is 6.29. The molecule has 0 radical (unpaired) electrons. The zero-order valence-corrected chi connectivity index (χ0v) is 11.7. The van der Waals surface area contributed by atoms with Gasteiger partial charge in [0.25, 0.3) is 5.91 Å². The molecule has 98 valence electrons. The van der Waals surface area contributed by atoms with Crippen LogP contribution in [-0.2, 0) is 6.42 Å². The molecule has 1 heterocycles. The van der Waals surface area contributed by atoms with Crippen molar-refractivity contribution < 1.29 is 4.79 Å². The average Bonchev–Trinajstić information content (AvgIpc) is 2.37. The highest BCUT2D eigenvalue weighted by atomic mass is 35.5. The number of allylic oxidation sites excluding steroid dienone is 1. The van der Waals surface area contributed by atoms with Crippen molar-refractivity contribution in [2.75, 3.05) is 13.6 Å². The quantitative estimate of drug-likeness (QED) is 0.449. The molecule has 0 aliphatic rings. The molecular formula is C14H19ClN2O. The van der Waals surface area contributed by atoms with E-state index in [0.717, 1.165) is 25.0 Å². The fraction of sp³-hybridized carbons (Fsp3) is 0.429. The highest BCUT2D eigenvalue weighted by Gasteiger charge is 2.13. The van der Waals surface area contributed by atoms with E-state index in [1.165, 1.54) is 0 Å². The van der Waals surface area contributed by atoms with Crippen LogP contribution in [-0.4, -0.2) is 29.4 Å². The van der Waals surface area contributed by atoms with Gasteiger partial charge in [-0.2, -0.15) is 0 Å². The Kier molecular flexibility index (Phi) is 5.86. The molecular weight excluding hydrogens is 248 g/mol. The fourth-order valence-corrected chi connectivity index (χ4v) is 1.88. The molecule has 0 fully saturated rings. The maximum atomic E-state index is 12.2. The Hall–Kier alpha value is -1.35. The van der Waals surface area contributed by atoms with Gasteiger partial charge in [0.15, 0.2) is 0 Å². The summed E-state index contributed by atoms with van der Waals surface area (Å²) >= 11 is 5.91. The van der Waals surface area contributed by atoms with Crippen LogP contribution in [0.1, 0.15) is 35.8 Å². The number of nitrogens with zero attached hydrogens (tertiary/aromatic N) is 2. The molecule has 0 saturated heterocycles. The minimum atomic E-state index is -0.0157. The number of rotatable bonds is 6. The Balaban J connectivity index is 2.76. The molecule has 3 nitrogen and oxygen atoms in total. The minimum absolute atomic E-state index is 0.0157. The summed E-state index contributed by atoms with van der Waals surface area (Å²) < 4.78 is 0. The third-order valence-corrected chi connectivity index (χ3v) is 2.90. The number of hydrogen-bond donors (Lipinski definition) is 0. The fourth-order valence-electron chi connectivity index (χ4n) is 1.65. The standard InChI is InChI=1S/C14H19ClN2O/c1-4-6-7-8-17(3)14(18)11-9-12(5-2)16-13(15)10-11/h4,9-10H,1,5-8H2,2-3H3. The molecule has 0 aliphatic carbocycles. The predicted molar refractivity (Wildman–Crippen MR) is 75.0 cm³/mol. The topological polar surface area (TPSA) is 33.2 Å². The molecule has 1 rings (SSSR count). The van der Waals surface area contributed by atoms with Crippen LogP contribution in [0.25, 0.3) is 0 Å². The number of aromatic nitrogens is 1. The Labute approximate surface area is 113 Å². The van der Waals surface area contributed by atoms with E-state index in [-0.39, 0.29) is 5.91 Å². The van der Waals surface area contributed by atoms with E-state index in [4.69, 9.17) is 11.6 Å². The van der Waals surface area contributed by atoms with Crippen molar-refractivity contribution in [3.63, 3.8) is 0 Å². The van der Waals surface area contributed by atoms with Crippen LogP contribution < -0.4 is 0 Å². The summed E-state index contributed by atoms with van der Waals surface area (Å²) in [5.74, 6) is -0.0157. The number of carbonyl (C=O) groups excluding carboxylic acids is 1. The third kappa shape index (κ3) is 4.15. The molecule has 0 aliphatic heterocycles. The van der Waals surface area contributed by atoms with Crippen molar-refractivity contribution in [1.29, 1.82) is 0 Å². The number of hydrogen-bond acceptors (Lipinski definition) is 2. The van der Waals surface area contributed by atoms with Crippen LogP contribution in [0.2, 0.25) is 5.15 Å². The summed E-state index contributed by atoms with van der Waals surface area (Å²) in [4.78, 5) is 18.0. The summed E-state index contributed by atoms with van der Waals surface area (Å²) in [7, 11) is 1.80. The van der Waals surface area contributed by atoms with Gasteiger partial charge in [0, 0.05) is 24.8 Å². The van der Waals surface area contributed by atoms with E-state index < -0.39 is 0 Å². The average molecular weight is 267 g/mol. The van der Waals surface area contributed by atoms with Crippen LogP contribution in [0.3, 0.4) is 0 Å². The molecule has 1 aromatic heterocycles. The number of aryl methyl sites for hydroxylation is 1. The van der Waals surface area contributed by atoms with Gasteiger partial charge in [-0.25, -0.2) is 4.98 Å². The number of halogens is 1. The van der Waals surface area contributed by atoms with Crippen LogP contribution in [0.4, 0.5) is 0 Å². The Morgan fingerprint density at radius 2 is 2.28 bits per heavy atom. The lowest BCUT2D eigenvalue weighted by atomic mass is 10.1. The van der Waals surface area contributed by atoms with Crippen molar-refractivity contribution in [1.82, 2.24) is 9.88 Å². The molecule has 0 N–H and O–H groups in total. The second kappa shape index (κ2) is 7.17. The van der Waals surface area contributed by atoms with Gasteiger partial charge in [0.1, 0.15) is 5.15 Å². The van der Waals surface area contributed by atoms with E-state index >= 15 is 0 Å². The van der Waals surface area contributed by atoms with E-state index in [1.54, 1.807) is 24.1 Å². The second-order valence-corrected chi connectivity index (χ2v) is 4.57. The Bertz CT molecular complexity index is 432. The molecule has 0 aromatic carbocycles. The third-order valence-electron chi connectivity index (χ3n) is 2.70. The molecule has 4 heteroatoms. The molecule has 0 saturated carbocycles. The zero-order chi connectivity index (χ0) is 13.5. The lowest BCUT2D eigenvalue weighted by Gasteiger charge is -2.17. The van der Waals surface area contributed by atoms with Gasteiger partial charge in [-0.05, 0) is 31.4 Å². The minimum Gasteiger partial charge on any atom is -0.342 e. The first-order valence-corrected chi connectivity index (χ1v) is 6.49. The summed E-state index contributed by atoms with van der Waals surface area (Å²) in [5, 5.41) is 0.372. The van der Waals surface area contributed by atoms with E-state index in [1.807, 2.05) is 13.0 Å². The SMILES string of the molecule is C=CCCCN(C)C(=O)c1cc(Cl)nc(CC)c1. The Morgan fingerprint density at radius 1 is 1.56 bits per heavy atom. The van der Waals surface area contributed by atoms with Gasteiger partial charge in [-0.15, -0.1) is 6.58 Å².